The number of carbonyl (C=O) groups is 1. The van der Waals surface area contributed by atoms with Crippen LogP contribution in [0.25, 0.3) is 11.4 Å². The van der Waals surface area contributed by atoms with Crippen molar-refractivity contribution in [3.8, 4) is 11.4 Å². The molecule has 0 aliphatic carbocycles. The van der Waals surface area contributed by atoms with E-state index in [4.69, 9.17) is 27.2 Å². The number of nitrogens with zero attached hydrogens (tertiary/aromatic N) is 3. The fourth-order valence-electron chi connectivity index (χ4n) is 3.59. The molecule has 0 spiro atoms. The van der Waals surface area contributed by atoms with E-state index in [1.165, 1.54) is 17.5 Å². The zero-order valence-electron chi connectivity index (χ0n) is 15.9. The van der Waals surface area contributed by atoms with Gasteiger partial charge in [0.25, 0.3) is 6.47 Å². The third kappa shape index (κ3) is 5.76. The molecule has 0 bridgehead atoms. The van der Waals surface area contributed by atoms with Gasteiger partial charge in [-0.15, -0.1) is 0 Å². The first-order valence-corrected chi connectivity index (χ1v) is 9.70. The van der Waals surface area contributed by atoms with Crippen LogP contribution < -0.4 is 5.73 Å². The highest BCUT2D eigenvalue weighted by Gasteiger charge is 2.24. The first-order chi connectivity index (χ1) is 14.1. The molecular weight excluding hydrogens is 388 g/mol. The van der Waals surface area contributed by atoms with Crippen LogP contribution in [0.1, 0.15) is 23.5 Å². The van der Waals surface area contributed by atoms with E-state index in [0.29, 0.717) is 17.6 Å². The monoisotopic (exact) mass is 410 g/mol. The number of nitrogen functional groups attached to an aromatic ring is 1. The second-order valence-corrected chi connectivity index (χ2v) is 7.32. The van der Waals surface area contributed by atoms with Gasteiger partial charge in [-0.2, -0.15) is 0 Å². The first kappa shape index (κ1) is 20.8. The van der Waals surface area contributed by atoms with E-state index in [2.05, 4.69) is 45.2 Å². The number of anilines is 1. The average Bonchev–Trinajstić information content (AvgIpc) is 3.17. The maximum atomic E-state index is 8.36. The lowest BCUT2D eigenvalue weighted by Crippen LogP contribution is -2.19. The van der Waals surface area contributed by atoms with Crippen LogP contribution in [-0.2, 0) is 11.3 Å². The average molecular weight is 411 g/mol. The van der Waals surface area contributed by atoms with Gasteiger partial charge < -0.3 is 10.8 Å². The van der Waals surface area contributed by atoms with E-state index in [-0.39, 0.29) is 6.47 Å². The van der Waals surface area contributed by atoms with Gasteiger partial charge >= 0.3 is 0 Å². The largest absolute Gasteiger partial charge is 0.483 e. The SMILES string of the molecule is Nc1ccnc(-c2cccc(CN3CCC(c4cccc(Cl)c4)C3)c2)n1.O=CO. The number of hydrogen-bond acceptors (Lipinski definition) is 5. The van der Waals surface area contributed by atoms with Crippen molar-refractivity contribution in [3.63, 3.8) is 0 Å². The lowest BCUT2D eigenvalue weighted by molar-refractivity contribution is -0.122. The Labute approximate surface area is 175 Å². The summed E-state index contributed by atoms with van der Waals surface area (Å²) in [5.41, 5.74) is 9.38. The number of aromatic nitrogens is 2. The van der Waals surface area contributed by atoms with Gasteiger partial charge in [0, 0.05) is 29.9 Å². The Morgan fingerprint density at radius 2 is 2.00 bits per heavy atom. The lowest BCUT2D eigenvalue weighted by Gasteiger charge is -2.17. The van der Waals surface area contributed by atoms with Crippen molar-refractivity contribution in [1.82, 2.24) is 14.9 Å². The smallest absolute Gasteiger partial charge is 0.290 e. The number of carboxylic acid groups (broad SMARTS) is 1. The van der Waals surface area contributed by atoms with Gasteiger partial charge in [-0.05, 0) is 54.3 Å². The van der Waals surface area contributed by atoms with E-state index in [1.807, 2.05) is 18.2 Å². The zero-order chi connectivity index (χ0) is 20.6. The van der Waals surface area contributed by atoms with Gasteiger partial charge in [-0.3, -0.25) is 9.69 Å². The number of benzene rings is 2. The second kappa shape index (κ2) is 10.0. The van der Waals surface area contributed by atoms with Crippen LogP contribution in [0.5, 0.6) is 0 Å². The standard InChI is InChI=1S/C21H21ClN4.CH2O2/c22-19-6-2-4-16(12-19)18-8-10-26(14-18)13-15-3-1-5-17(11-15)21-24-9-7-20(23)25-21;2-1-3/h1-7,9,11-12,18H,8,10,13-14H2,(H2,23,24,25);1H,(H,2,3). The normalized spacial score (nSPS) is 16.1. The molecule has 1 aliphatic rings. The van der Waals surface area contributed by atoms with Crippen LogP contribution in [0.15, 0.2) is 60.8 Å². The van der Waals surface area contributed by atoms with E-state index in [9.17, 15) is 0 Å². The number of rotatable bonds is 4. The molecule has 1 atom stereocenters. The quantitative estimate of drug-likeness (QED) is 0.630. The highest BCUT2D eigenvalue weighted by atomic mass is 35.5. The molecule has 2 aromatic carbocycles. The fourth-order valence-corrected chi connectivity index (χ4v) is 3.79. The molecule has 1 unspecified atom stereocenters. The Hall–Kier alpha value is -2.96. The minimum Gasteiger partial charge on any atom is -0.483 e. The molecule has 3 aromatic rings. The molecule has 6 nitrogen and oxygen atoms in total. The lowest BCUT2D eigenvalue weighted by atomic mass is 9.99. The predicted molar refractivity (Wildman–Crippen MR) is 115 cm³/mol. The second-order valence-electron chi connectivity index (χ2n) is 6.89. The molecule has 0 radical (unpaired) electrons. The van der Waals surface area contributed by atoms with Crippen molar-refractivity contribution in [2.75, 3.05) is 18.8 Å². The zero-order valence-corrected chi connectivity index (χ0v) is 16.7. The molecular formula is C22H23ClN4O2. The molecule has 0 amide bonds. The fraction of sp³-hybridized carbons (Fsp3) is 0.227. The minimum atomic E-state index is -0.250. The Bertz CT molecular complexity index is 967. The predicted octanol–water partition coefficient (Wildman–Crippen LogP) is 4.07. The molecule has 29 heavy (non-hydrogen) atoms. The Kier molecular flexibility index (Phi) is 7.16. The van der Waals surface area contributed by atoms with Crippen molar-refractivity contribution in [3.05, 3.63) is 76.9 Å². The Balaban J connectivity index is 0.000000755. The summed E-state index contributed by atoms with van der Waals surface area (Å²) in [6.45, 7) is 2.82. The third-order valence-electron chi connectivity index (χ3n) is 4.86. The van der Waals surface area contributed by atoms with Crippen LogP contribution >= 0.6 is 11.6 Å². The van der Waals surface area contributed by atoms with Crippen LogP contribution in [0.3, 0.4) is 0 Å². The van der Waals surface area contributed by atoms with Gasteiger partial charge in [0.1, 0.15) is 5.82 Å². The number of hydrogen-bond donors (Lipinski definition) is 2. The van der Waals surface area contributed by atoms with Crippen molar-refractivity contribution < 1.29 is 9.90 Å². The summed E-state index contributed by atoms with van der Waals surface area (Å²) in [4.78, 5) is 19.5. The molecule has 3 N–H and O–H groups in total. The van der Waals surface area contributed by atoms with E-state index >= 15 is 0 Å². The summed E-state index contributed by atoms with van der Waals surface area (Å²) in [7, 11) is 0. The van der Waals surface area contributed by atoms with Gasteiger partial charge in [-0.1, -0.05) is 41.9 Å². The third-order valence-corrected chi connectivity index (χ3v) is 5.10. The molecule has 1 saturated heterocycles. The minimum absolute atomic E-state index is 0.250. The number of halogens is 1. The molecule has 2 heterocycles. The summed E-state index contributed by atoms with van der Waals surface area (Å²) in [6.07, 6.45) is 2.86. The maximum Gasteiger partial charge on any atom is 0.290 e. The molecule has 1 aliphatic heterocycles. The highest BCUT2D eigenvalue weighted by Crippen LogP contribution is 2.30. The summed E-state index contributed by atoms with van der Waals surface area (Å²) in [5.74, 6) is 1.71. The molecule has 7 heteroatoms. The molecule has 1 fully saturated rings. The van der Waals surface area contributed by atoms with Crippen molar-refractivity contribution in [1.29, 1.82) is 0 Å². The topological polar surface area (TPSA) is 92.3 Å². The number of nitrogens with two attached hydrogens (primary N) is 1. The van der Waals surface area contributed by atoms with E-state index in [1.54, 1.807) is 12.3 Å². The van der Waals surface area contributed by atoms with Crippen LogP contribution in [-0.4, -0.2) is 39.5 Å². The Morgan fingerprint density at radius 3 is 2.76 bits per heavy atom. The van der Waals surface area contributed by atoms with Gasteiger partial charge in [-0.25, -0.2) is 9.97 Å². The van der Waals surface area contributed by atoms with Gasteiger partial charge in [0.2, 0.25) is 0 Å². The molecule has 0 saturated carbocycles. The van der Waals surface area contributed by atoms with Crippen LogP contribution in [0.2, 0.25) is 5.02 Å². The highest BCUT2D eigenvalue weighted by molar-refractivity contribution is 6.30. The molecule has 4 rings (SSSR count). The molecule has 1 aromatic heterocycles. The summed E-state index contributed by atoms with van der Waals surface area (Å²) < 4.78 is 0. The number of likely N-dealkylation sites (tertiary alicyclic amines) is 1. The first-order valence-electron chi connectivity index (χ1n) is 9.32. The van der Waals surface area contributed by atoms with Gasteiger partial charge in [0.15, 0.2) is 5.82 Å². The maximum absolute atomic E-state index is 8.36. The van der Waals surface area contributed by atoms with Crippen molar-refractivity contribution >= 4 is 23.9 Å². The van der Waals surface area contributed by atoms with Crippen molar-refractivity contribution in [2.45, 2.75) is 18.9 Å². The van der Waals surface area contributed by atoms with E-state index in [0.717, 1.165) is 30.2 Å². The summed E-state index contributed by atoms with van der Waals surface area (Å²) in [6, 6.07) is 18.3. The molecule has 150 valence electrons. The van der Waals surface area contributed by atoms with Crippen LogP contribution in [0.4, 0.5) is 5.82 Å². The van der Waals surface area contributed by atoms with Gasteiger partial charge in [0.05, 0.1) is 0 Å². The van der Waals surface area contributed by atoms with Crippen molar-refractivity contribution in [2.24, 2.45) is 0 Å². The summed E-state index contributed by atoms with van der Waals surface area (Å²) >= 11 is 6.14. The van der Waals surface area contributed by atoms with E-state index < -0.39 is 0 Å². The van der Waals surface area contributed by atoms with Crippen LogP contribution in [0, 0.1) is 0 Å². The Morgan fingerprint density at radius 1 is 1.21 bits per heavy atom. The summed E-state index contributed by atoms with van der Waals surface area (Å²) in [5, 5.41) is 7.70.